The third kappa shape index (κ3) is 4.15. The highest BCUT2D eigenvalue weighted by Gasteiger charge is 2.25. The summed E-state index contributed by atoms with van der Waals surface area (Å²) in [7, 11) is 0. The summed E-state index contributed by atoms with van der Waals surface area (Å²) >= 11 is 0. The monoisotopic (exact) mass is 294 g/mol. The van der Waals surface area contributed by atoms with E-state index in [2.05, 4.69) is 5.32 Å². The van der Waals surface area contributed by atoms with Crippen molar-refractivity contribution in [3.63, 3.8) is 0 Å². The fourth-order valence-corrected chi connectivity index (χ4v) is 2.57. The first-order chi connectivity index (χ1) is 10.1. The smallest absolute Gasteiger partial charge is 0.270 e. The predicted molar refractivity (Wildman–Crippen MR) is 79.4 cm³/mol. The van der Waals surface area contributed by atoms with Gasteiger partial charge in [0.25, 0.3) is 5.69 Å². The molecule has 6 heteroatoms. The molecule has 116 valence electrons. The van der Waals surface area contributed by atoms with E-state index in [1.165, 1.54) is 12.1 Å². The number of ether oxygens (including phenoxy) is 1. The molecule has 0 aromatic heterocycles. The van der Waals surface area contributed by atoms with Crippen LogP contribution in [0.15, 0.2) is 18.2 Å². The third-order valence-electron chi connectivity index (χ3n) is 3.77. The summed E-state index contributed by atoms with van der Waals surface area (Å²) in [6.07, 6.45) is 2.95. The van der Waals surface area contributed by atoms with Crippen molar-refractivity contribution in [3.8, 4) is 5.75 Å². The predicted octanol–water partition coefficient (Wildman–Crippen LogP) is 2.39. The second kappa shape index (κ2) is 7.38. The number of nitrogens with one attached hydrogen (secondary N) is 1. The van der Waals surface area contributed by atoms with Crippen LogP contribution in [0.1, 0.15) is 38.2 Å². The zero-order chi connectivity index (χ0) is 15.2. The van der Waals surface area contributed by atoms with Crippen LogP contribution < -0.4 is 10.1 Å². The summed E-state index contributed by atoms with van der Waals surface area (Å²) in [6, 6.07) is 4.61. The highest BCUT2D eigenvalue weighted by atomic mass is 16.6. The lowest BCUT2D eigenvalue weighted by Crippen LogP contribution is -2.35. The Morgan fingerprint density at radius 2 is 2.19 bits per heavy atom. The first kappa shape index (κ1) is 15.7. The normalized spacial score (nSPS) is 22.0. The Balaban J connectivity index is 2.17. The minimum absolute atomic E-state index is 0.0550. The molecular formula is C15H22N2O4. The SMILES string of the molecule is CCNCc1cc([N+](=O)[O-])ccc1OC1CCCCC1O. The number of benzene rings is 1. The Morgan fingerprint density at radius 3 is 2.86 bits per heavy atom. The van der Waals surface area contributed by atoms with Gasteiger partial charge in [0.15, 0.2) is 0 Å². The summed E-state index contributed by atoms with van der Waals surface area (Å²) in [5.41, 5.74) is 0.809. The van der Waals surface area contributed by atoms with E-state index < -0.39 is 11.0 Å². The summed E-state index contributed by atoms with van der Waals surface area (Å²) < 4.78 is 5.92. The minimum atomic E-state index is -0.457. The summed E-state index contributed by atoms with van der Waals surface area (Å²) in [4.78, 5) is 10.5. The Morgan fingerprint density at radius 1 is 1.43 bits per heavy atom. The quantitative estimate of drug-likeness (QED) is 0.621. The molecule has 0 bridgehead atoms. The van der Waals surface area contributed by atoms with E-state index >= 15 is 0 Å². The molecule has 1 aromatic carbocycles. The standard InChI is InChI=1S/C15H22N2O4/c1-2-16-10-11-9-12(17(19)20)7-8-14(11)21-15-6-4-3-5-13(15)18/h7-9,13,15-16,18H,2-6,10H2,1H3. The van der Waals surface area contributed by atoms with Gasteiger partial charge in [-0.25, -0.2) is 0 Å². The number of nitro benzene ring substituents is 1. The molecule has 2 atom stereocenters. The maximum absolute atomic E-state index is 10.9. The molecule has 0 heterocycles. The number of hydrogen-bond acceptors (Lipinski definition) is 5. The van der Waals surface area contributed by atoms with Crippen LogP contribution in [-0.2, 0) is 6.54 Å². The van der Waals surface area contributed by atoms with Crippen LogP contribution in [0.2, 0.25) is 0 Å². The molecule has 21 heavy (non-hydrogen) atoms. The number of non-ortho nitro benzene ring substituents is 1. The van der Waals surface area contributed by atoms with Crippen LogP contribution in [0.25, 0.3) is 0 Å². The van der Waals surface area contributed by atoms with Gasteiger partial charge in [-0.15, -0.1) is 0 Å². The van der Waals surface area contributed by atoms with Crippen molar-refractivity contribution in [2.75, 3.05) is 6.54 Å². The average Bonchev–Trinajstić information content (AvgIpc) is 2.48. The Hall–Kier alpha value is -1.66. The zero-order valence-electron chi connectivity index (χ0n) is 12.2. The van der Waals surface area contributed by atoms with Crippen LogP contribution in [-0.4, -0.2) is 28.8 Å². The van der Waals surface area contributed by atoms with Crippen LogP contribution in [0, 0.1) is 10.1 Å². The second-order valence-electron chi connectivity index (χ2n) is 5.34. The number of nitro groups is 1. The molecule has 0 saturated heterocycles. The lowest BCUT2D eigenvalue weighted by molar-refractivity contribution is -0.384. The van der Waals surface area contributed by atoms with E-state index in [1.807, 2.05) is 6.92 Å². The topological polar surface area (TPSA) is 84.6 Å². The van der Waals surface area contributed by atoms with E-state index in [4.69, 9.17) is 4.74 Å². The summed E-state index contributed by atoms with van der Waals surface area (Å²) in [5, 5.41) is 24.0. The van der Waals surface area contributed by atoms with E-state index in [9.17, 15) is 15.2 Å². The van der Waals surface area contributed by atoms with Crippen molar-refractivity contribution in [1.29, 1.82) is 0 Å². The number of aliphatic hydroxyl groups is 1. The minimum Gasteiger partial charge on any atom is -0.487 e. The first-order valence-corrected chi connectivity index (χ1v) is 7.44. The number of aliphatic hydroxyl groups excluding tert-OH is 1. The van der Waals surface area contributed by atoms with Gasteiger partial charge < -0.3 is 15.2 Å². The van der Waals surface area contributed by atoms with Crippen LogP contribution in [0.5, 0.6) is 5.75 Å². The summed E-state index contributed by atoms with van der Waals surface area (Å²) in [5.74, 6) is 0.618. The molecule has 6 nitrogen and oxygen atoms in total. The fraction of sp³-hybridized carbons (Fsp3) is 0.600. The molecule has 1 aromatic rings. The fourth-order valence-electron chi connectivity index (χ4n) is 2.57. The number of hydrogen-bond donors (Lipinski definition) is 2. The van der Waals surface area contributed by atoms with E-state index in [-0.39, 0.29) is 11.8 Å². The van der Waals surface area contributed by atoms with Crippen LogP contribution in [0.4, 0.5) is 5.69 Å². The molecule has 0 spiro atoms. The van der Waals surface area contributed by atoms with Gasteiger partial charge in [-0.3, -0.25) is 10.1 Å². The Labute approximate surface area is 124 Å². The largest absolute Gasteiger partial charge is 0.487 e. The second-order valence-corrected chi connectivity index (χ2v) is 5.34. The molecule has 2 N–H and O–H groups in total. The van der Waals surface area contributed by atoms with E-state index in [0.29, 0.717) is 12.3 Å². The third-order valence-corrected chi connectivity index (χ3v) is 3.77. The van der Waals surface area contributed by atoms with Gasteiger partial charge in [0, 0.05) is 24.2 Å². The highest BCUT2D eigenvalue weighted by molar-refractivity contribution is 5.44. The number of nitrogens with zero attached hydrogens (tertiary/aromatic N) is 1. The first-order valence-electron chi connectivity index (χ1n) is 7.44. The van der Waals surface area contributed by atoms with Gasteiger partial charge in [-0.05, 0) is 31.9 Å². The van der Waals surface area contributed by atoms with Crippen LogP contribution >= 0.6 is 0 Å². The maximum Gasteiger partial charge on any atom is 0.270 e. The van der Waals surface area contributed by atoms with Crippen LogP contribution in [0.3, 0.4) is 0 Å². The van der Waals surface area contributed by atoms with E-state index in [0.717, 1.165) is 37.8 Å². The van der Waals surface area contributed by atoms with Gasteiger partial charge >= 0.3 is 0 Å². The Kier molecular flexibility index (Phi) is 5.52. The van der Waals surface area contributed by atoms with Gasteiger partial charge in [0.05, 0.1) is 11.0 Å². The maximum atomic E-state index is 10.9. The molecule has 0 radical (unpaired) electrons. The van der Waals surface area contributed by atoms with Crippen molar-refractivity contribution >= 4 is 5.69 Å². The van der Waals surface area contributed by atoms with Gasteiger partial charge in [-0.1, -0.05) is 13.3 Å². The molecule has 1 aliphatic rings. The Bertz CT molecular complexity index is 493. The molecular weight excluding hydrogens is 272 g/mol. The molecule has 1 saturated carbocycles. The lowest BCUT2D eigenvalue weighted by Gasteiger charge is -2.29. The lowest BCUT2D eigenvalue weighted by atomic mass is 9.95. The molecule has 0 aliphatic heterocycles. The number of rotatable bonds is 6. The molecule has 1 aliphatic carbocycles. The van der Waals surface area contributed by atoms with Gasteiger partial charge in [0.2, 0.25) is 0 Å². The summed E-state index contributed by atoms with van der Waals surface area (Å²) in [6.45, 7) is 3.26. The van der Waals surface area contributed by atoms with Gasteiger partial charge in [-0.2, -0.15) is 0 Å². The van der Waals surface area contributed by atoms with Crippen molar-refractivity contribution < 1.29 is 14.8 Å². The average molecular weight is 294 g/mol. The molecule has 0 amide bonds. The molecule has 1 fully saturated rings. The zero-order valence-corrected chi connectivity index (χ0v) is 12.2. The highest BCUT2D eigenvalue weighted by Crippen LogP contribution is 2.29. The van der Waals surface area contributed by atoms with Crippen molar-refractivity contribution in [2.45, 2.75) is 51.4 Å². The van der Waals surface area contributed by atoms with Crippen molar-refractivity contribution in [3.05, 3.63) is 33.9 Å². The van der Waals surface area contributed by atoms with Crippen molar-refractivity contribution in [2.24, 2.45) is 0 Å². The van der Waals surface area contributed by atoms with Crippen molar-refractivity contribution in [1.82, 2.24) is 5.32 Å². The molecule has 2 unspecified atom stereocenters. The van der Waals surface area contributed by atoms with E-state index in [1.54, 1.807) is 6.07 Å². The van der Waals surface area contributed by atoms with Gasteiger partial charge in [0.1, 0.15) is 11.9 Å². The molecule has 2 rings (SSSR count).